The van der Waals surface area contributed by atoms with Gasteiger partial charge in [0.1, 0.15) is 5.82 Å². The second kappa shape index (κ2) is 5.93. The molecule has 1 aliphatic rings. The highest BCUT2D eigenvalue weighted by Gasteiger charge is 2.28. The molecular weight excluding hydrogens is 247 g/mol. The lowest BCUT2D eigenvalue weighted by atomic mass is 10.0. The SMILES string of the molecule is CNC(CN1C(=O)CCCC1=O)c1ccccc1F. The summed E-state index contributed by atoms with van der Waals surface area (Å²) >= 11 is 0. The number of benzene rings is 1. The highest BCUT2D eigenvalue weighted by molar-refractivity contribution is 5.97. The monoisotopic (exact) mass is 264 g/mol. The predicted octanol–water partition coefficient (Wildman–Crippen LogP) is 1.63. The largest absolute Gasteiger partial charge is 0.311 e. The number of piperidine rings is 1. The number of halogens is 1. The average Bonchev–Trinajstić information content (AvgIpc) is 2.40. The van der Waals surface area contributed by atoms with Crippen molar-refractivity contribution in [3.63, 3.8) is 0 Å². The maximum Gasteiger partial charge on any atom is 0.229 e. The van der Waals surface area contributed by atoms with Crippen molar-refractivity contribution in [1.82, 2.24) is 10.2 Å². The van der Waals surface area contributed by atoms with Crippen LogP contribution >= 0.6 is 0 Å². The van der Waals surface area contributed by atoms with E-state index in [4.69, 9.17) is 0 Å². The van der Waals surface area contributed by atoms with E-state index in [1.54, 1.807) is 25.2 Å². The zero-order valence-corrected chi connectivity index (χ0v) is 10.9. The van der Waals surface area contributed by atoms with E-state index >= 15 is 0 Å². The number of nitrogens with one attached hydrogen (secondary N) is 1. The summed E-state index contributed by atoms with van der Waals surface area (Å²) in [5.74, 6) is -0.681. The van der Waals surface area contributed by atoms with Gasteiger partial charge in [0, 0.05) is 24.9 Å². The van der Waals surface area contributed by atoms with Crippen LogP contribution in [0.4, 0.5) is 4.39 Å². The van der Waals surface area contributed by atoms with Crippen molar-refractivity contribution in [3.8, 4) is 0 Å². The average molecular weight is 264 g/mol. The van der Waals surface area contributed by atoms with Crippen molar-refractivity contribution in [2.45, 2.75) is 25.3 Å². The van der Waals surface area contributed by atoms with Crippen LogP contribution in [0.2, 0.25) is 0 Å². The lowest BCUT2D eigenvalue weighted by molar-refractivity contribution is -0.148. The zero-order chi connectivity index (χ0) is 13.8. The Balaban J connectivity index is 2.17. The van der Waals surface area contributed by atoms with E-state index < -0.39 is 0 Å². The van der Waals surface area contributed by atoms with E-state index in [9.17, 15) is 14.0 Å². The summed E-state index contributed by atoms with van der Waals surface area (Å²) < 4.78 is 13.7. The molecule has 1 aliphatic heterocycles. The van der Waals surface area contributed by atoms with Crippen LogP contribution in [0.25, 0.3) is 0 Å². The maximum atomic E-state index is 13.7. The first-order chi connectivity index (χ1) is 9.13. The molecule has 5 heteroatoms. The molecule has 0 radical (unpaired) electrons. The number of nitrogens with zero attached hydrogens (tertiary/aromatic N) is 1. The molecule has 1 heterocycles. The van der Waals surface area contributed by atoms with Crippen LogP contribution in [0.1, 0.15) is 30.9 Å². The van der Waals surface area contributed by atoms with Crippen LogP contribution in [-0.4, -0.2) is 30.3 Å². The first kappa shape index (κ1) is 13.7. The lowest BCUT2D eigenvalue weighted by Gasteiger charge is -2.29. The fourth-order valence-electron chi connectivity index (χ4n) is 2.29. The minimum Gasteiger partial charge on any atom is -0.311 e. The summed E-state index contributed by atoms with van der Waals surface area (Å²) in [7, 11) is 1.69. The van der Waals surface area contributed by atoms with E-state index in [2.05, 4.69) is 5.32 Å². The molecule has 0 aliphatic carbocycles. The number of carbonyl (C=O) groups excluding carboxylic acids is 2. The molecule has 1 aromatic carbocycles. The van der Waals surface area contributed by atoms with Crippen LogP contribution in [0, 0.1) is 5.82 Å². The van der Waals surface area contributed by atoms with E-state index in [1.807, 2.05) is 0 Å². The first-order valence-electron chi connectivity index (χ1n) is 6.38. The molecule has 1 saturated heterocycles. The Morgan fingerprint density at radius 3 is 2.47 bits per heavy atom. The third-order valence-corrected chi connectivity index (χ3v) is 3.38. The van der Waals surface area contributed by atoms with Gasteiger partial charge in [-0.2, -0.15) is 0 Å². The third-order valence-electron chi connectivity index (χ3n) is 3.38. The molecule has 1 N–H and O–H groups in total. The summed E-state index contributed by atoms with van der Waals surface area (Å²) in [4.78, 5) is 24.7. The smallest absolute Gasteiger partial charge is 0.229 e. The molecule has 0 spiro atoms. The molecule has 102 valence electrons. The van der Waals surface area contributed by atoms with Crippen molar-refractivity contribution >= 4 is 11.8 Å². The van der Waals surface area contributed by atoms with Gasteiger partial charge >= 0.3 is 0 Å². The van der Waals surface area contributed by atoms with Crippen LogP contribution in [0.15, 0.2) is 24.3 Å². The van der Waals surface area contributed by atoms with Crippen LogP contribution in [0.5, 0.6) is 0 Å². The van der Waals surface area contributed by atoms with Gasteiger partial charge in [0.15, 0.2) is 0 Å². The number of likely N-dealkylation sites (N-methyl/N-ethyl adjacent to an activating group) is 1. The molecule has 2 rings (SSSR count). The van der Waals surface area contributed by atoms with Crippen molar-refractivity contribution in [2.75, 3.05) is 13.6 Å². The van der Waals surface area contributed by atoms with Gasteiger partial charge in [-0.05, 0) is 19.5 Å². The molecular formula is C14H17FN2O2. The molecule has 0 saturated carbocycles. The zero-order valence-electron chi connectivity index (χ0n) is 10.9. The second-order valence-corrected chi connectivity index (χ2v) is 4.61. The number of hydrogen-bond donors (Lipinski definition) is 1. The normalized spacial score (nSPS) is 17.7. The summed E-state index contributed by atoms with van der Waals surface area (Å²) in [5.41, 5.74) is 0.469. The highest BCUT2D eigenvalue weighted by atomic mass is 19.1. The van der Waals surface area contributed by atoms with Gasteiger partial charge in [0.2, 0.25) is 11.8 Å². The van der Waals surface area contributed by atoms with Gasteiger partial charge in [-0.1, -0.05) is 18.2 Å². The third kappa shape index (κ3) is 2.98. The molecule has 1 aromatic rings. The van der Waals surface area contributed by atoms with E-state index in [0.717, 1.165) is 0 Å². The number of hydrogen-bond acceptors (Lipinski definition) is 3. The molecule has 4 nitrogen and oxygen atoms in total. The molecule has 1 fully saturated rings. The minimum atomic E-state index is -0.382. The lowest BCUT2D eigenvalue weighted by Crippen LogP contribution is -2.44. The van der Waals surface area contributed by atoms with Crippen LogP contribution in [-0.2, 0) is 9.59 Å². The summed E-state index contributed by atoms with van der Waals surface area (Å²) in [6.45, 7) is 0.176. The Labute approximate surface area is 111 Å². The fraction of sp³-hybridized carbons (Fsp3) is 0.429. The highest BCUT2D eigenvalue weighted by Crippen LogP contribution is 2.20. The summed E-state index contributed by atoms with van der Waals surface area (Å²) in [6.07, 6.45) is 1.39. The van der Waals surface area contributed by atoms with E-state index in [0.29, 0.717) is 24.8 Å². The van der Waals surface area contributed by atoms with Gasteiger partial charge in [-0.15, -0.1) is 0 Å². The number of likely N-dealkylation sites (tertiary alicyclic amines) is 1. The Kier molecular flexibility index (Phi) is 4.27. The van der Waals surface area contributed by atoms with Gasteiger partial charge in [0.25, 0.3) is 0 Å². The van der Waals surface area contributed by atoms with Crippen molar-refractivity contribution in [3.05, 3.63) is 35.6 Å². The standard InChI is InChI=1S/C14H17FN2O2/c1-16-12(10-5-2-3-6-11(10)15)9-17-13(18)7-4-8-14(17)19/h2-3,5-6,12,16H,4,7-9H2,1H3. The van der Waals surface area contributed by atoms with E-state index in [-0.39, 0.29) is 30.2 Å². The number of imide groups is 1. The van der Waals surface area contributed by atoms with E-state index in [1.165, 1.54) is 11.0 Å². The molecule has 1 atom stereocenters. The van der Waals surface area contributed by atoms with Gasteiger partial charge in [-0.25, -0.2) is 4.39 Å². The van der Waals surface area contributed by atoms with Crippen LogP contribution in [0.3, 0.4) is 0 Å². The molecule has 0 bridgehead atoms. The van der Waals surface area contributed by atoms with Crippen molar-refractivity contribution in [2.24, 2.45) is 0 Å². The summed E-state index contributed by atoms with van der Waals surface area (Å²) in [5, 5.41) is 2.96. The first-order valence-corrected chi connectivity index (χ1v) is 6.38. The maximum absolute atomic E-state index is 13.7. The Morgan fingerprint density at radius 1 is 1.26 bits per heavy atom. The number of carbonyl (C=O) groups is 2. The minimum absolute atomic E-state index is 0.173. The van der Waals surface area contributed by atoms with Crippen LogP contribution < -0.4 is 5.32 Å². The Morgan fingerprint density at radius 2 is 1.89 bits per heavy atom. The fourth-order valence-corrected chi connectivity index (χ4v) is 2.29. The number of rotatable bonds is 4. The molecule has 1 unspecified atom stereocenters. The second-order valence-electron chi connectivity index (χ2n) is 4.61. The molecule has 0 aromatic heterocycles. The van der Waals surface area contributed by atoms with Crippen molar-refractivity contribution in [1.29, 1.82) is 0 Å². The number of amides is 2. The quantitative estimate of drug-likeness (QED) is 0.841. The Bertz CT molecular complexity index is 474. The Hall–Kier alpha value is -1.75. The van der Waals surface area contributed by atoms with Gasteiger partial charge in [-0.3, -0.25) is 14.5 Å². The van der Waals surface area contributed by atoms with Crippen molar-refractivity contribution < 1.29 is 14.0 Å². The van der Waals surface area contributed by atoms with Gasteiger partial charge < -0.3 is 5.32 Å². The predicted molar refractivity (Wildman–Crippen MR) is 68.8 cm³/mol. The summed E-state index contributed by atoms with van der Waals surface area (Å²) in [6, 6.07) is 6.01. The molecule has 2 amide bonds. The molecule has 19 heavy (non-hydrogen) atoms. The topological polar surface area (TPSA) is 49.4 Å². The van der Waals surface area contributed by atoms with Gasteiger partial charge in [0.05, 0.1) is 6.04 Å².